The van der Waals surface area contributed by atoms with Gasteiger partial charge in [-0.2, -0.15) is 5.26 Å². The van der Waals surface area contributed by atoms with Gasteiger partial charge in [0.2, 0.25) is 0 Å². The zero-order valence-corrected chi connectivity index (χ0v) is 24.1. The average molecular weight is 588 g/mol. The van der Waals surface area contributed by atoms with Crippen LogP contribution in [-0.2, 0) is 18.0 Å². The molecule has 4 aromatic rings. The third-order valence-corrected chi connectivity index (χ3v) is 6.53. The smallest absolute Gasteiger partial charge is 0.266 e. The summed E-state index contributed by atoms with van der Waals surface area (Å²) in [5, 5.41) is 13.5. The molecule has 0 radical (unpaired) electrons. The molecular weight excluding hydrogens is 559 g/mol. The second kappa shape index (κ2) is 14.3. The van der Waals surface area contributed by atoms with Gasteiger partial charge in [-0.3, -0.25) is 4.79 Å². The van der Waals surface area contributed by atoms with Crippen molar-refractivity contribution in [1.29, 1.82) is 5.26 Å². The van der Waals surface area contributed by atoms with Crippen molar-refractivity contribution in [3.8, 4) is 23.3 Å². The summed E-state index contributed by atoms with van der Waals surface area (Å²) in [6, 6.07) is 27.4. The molecule has 208 valence electrons. The number of carbonyl (C=O) groups is 1. The number of nitrogens with zero attached hydrogens (tertiary/aromatic N) is 1. The molecule has 0 bridgehead atoms. The number of aryl methyl sites for hydroxylation is 1. The zero-order chi connectivity index (χ0) is 29.2. The van der Waals surface area contributed by atoms with Crippen LogP contribution in [-0.4, -0.2) is 12.5 Å². The minimum absolute atomic E-state index is 0.0569. The highest BCUT2D eigenvalue weighted by Crippen LogP contribution is 2.30. The molecule has 0 fully saturated rings. The third-order valence-electron chi connectivity index (χ3n) is 5.94. The Hall–Kier alpha value is -4.44. The van der Waals surface area contributed by atoms with E-state index >= 15 is 0 Å². The molecule has 0 atom stereocenters. The highest BCUT2D eigenvalue weighted by atomic mass is 35.5. The van der Waals surface area contributed by atoms with Gasteiger partial charge in [0.05, 0.1) is 6.61 Å². The van der Waals surface area contributed by atoms with E-state index in [2.05, 4.69) is 11.4 Å². The van der Waals surface area contributed by atoms with E-state index in [4.69, 9.17) is 37.4 Å². The van der Waals surface area contributed by atoms with E-state index < -0.39 is 5.91 Å². The zero-order valence-electron chi connectivity index (χ0n) is 22.6. The maximum Gasteiger partial charge on any atom is 0.266 e. The van der Waals surface area contributed by atoms with Crippen LogP contribution in [0.2, 0.25) is 10.0 Å². The van der Waals surface area contributed by atoms with E-state index in [-0.39, 0.29) is 12.2 Å². The minimum Gasteiger partial charge on any atom is -0.490 e. The number of amides is 1. The monoisotopic (exact) mass is 586 g/mol. The lowest BCUT2D eigenvalue weighted by molar-refractivity contribution is -0.112. The first-order chi connectivity index (χ1) is 19.8. The molecule has 0 unspecified atom stereocenters. The van der Waals surface area contributed by atoms with Crippen LogP contribution in [0.4, 0.5) is 5.69 Å². The van der Waals surface area contributed by atoms with Crippen LogP contribution in [0.25, 0.3) is 6.08 Å². The maximum atomic E-state index is 12.9. The molecule has 1 N–H and O–H groups in total. The normalized spacial score (nSPS) is 11.0. The van der Waals surface area contributed by atoms with Crippen LogP contribution in [0, 0.1) is 18.3 Å². The molecule has 6 nitrogen and oxygen atoms in total. The Labute approximate surface area is 249 Å². The van der Waals surface area contributed by atoms with Gasteiger partial charge in [0.1, 0.15) is 30.6 Å². The fourth-order valence-electron chi connectivity index (χ4n) is 3.91. The van der Waals surface area contributed by atoms with Crippen molar-refractivity contribution in [1.82, 2.24) is 0 Å². The Bertz CT molecular complexity index is 1590. The molecule has 0 aliphatic heterocycles. The molecule has 0 saturated carbocycles. The van der Waals surface area contributed by atoms with E-state index in [1.54, 1.807) is 60.7 Å². The van der Waals surface area contributed by atoms with Crippen molar-refractivity contribution >= 4 is 40.9 Å². The first-order valence-corrected chi connectivity index (χ1v) is 13.7. The number of halogens is 2. The van der Waals surface area contributed by atoms with Crippen molar-refractivity contribution in [2.75, 3.05) is 11.9 Å². The van der Waals surface area contributed by atoms with Gasteiger partial charge in [-0.25, -0.2) is 0 Å². The third kappa shape index (κ3) is 8.52. The van der Waals surface area contributed by atoms with E-state index in [1.165, 1.54) is 6.08 Å². The quantitative estimate of drug-likeness (QED) is 0.141. The van der Waals surface area contributed by atoms with E-state index in [0.29, 0.717) is 51.8 Å². The molecule has 0 aliphatic carbocycles. The molecule has 8 heteroatoms. The van der Waals surface area contributed by atoms with Crippen LogP contribution in [0.15, 0.2) is 90.5 Å². The van der Waals surface area contributed by atoms with Gasteiger partial charge in [-0.15, -0.1) is 0 Å². The van der Waals surface area contributed by atoms with Crippen LogP contribution < -0.4 is 19.5 Å². The first-order valence-electron chi connectivity index (χ1n) is 12.9. The van der Waals surface area contributed by atoms with Crippen molar-refractivity contribution in [3.05, 3.63) is 123 Å². The number of hydrogen-bond acceptors (Lipinski definition) is 5. The first kappa shape index (κ1) is 29.5. The van der Waals surface area contributed by atoms with Crippen LogP contribution in [0.3, 0.4) is 0 Å². The second-order valence-corrected chi connectivity index (χ2v) is 9.93. The molecule has 1 amide bonds. The highest BCUT2D eigenvalue weighted by Gasteiger charge is 2.12. The fourth-order valence-corrected chi connectivity index (χ4v) is 4.38. The summed E-state index contributed by atoms with van der Waals surface area (Å²) in [6.45, 7) is 5.00. The van der Waals surface area contributed by atoms with Crippen LogP contribution in [0.1, 0.15) is 29.2 Å². The number of anilines is 1. The predicted octanol–water partition coefficient (Wildman–Crippen LogP) is 8.40. The summed E-state index contributed by atoms with van der Waals surface area (Å²) in [4.78, 5) is 12.9. The summed E-state index contributed by atoms with van der Waals surface area (Å²) in [6.07, 6.45) is 1.51. The number of nitrogens with one attached hydrogen (secondary N) is 1. The van der Waals surface area contributed by atoms with Gasteiger partial charge in [0, 0.05) is 21.3 Å². The van der Waals surface area contributed by atoms with Crippen LogP contribution >= 0.6 is 23.2 Å². The lowest BCUT2D eigenvalue weighted by atomic mass is 10.1. The van der Waals surface area contributed by atoms with Crippen molar-refractivity contribution < 1.29 is 19.0 Å². The largest absolute Gasteiger partial charge is 0.490 e. The van der Waals surface area contributed by atoms with Crippen molar-refractivity contribution in [2.45, 2.75) is 27.1 Å². The number of hydrogen-bond donors (Lipinski definition) is 1. The Morgan fingerprint density at radius 3 is 2.41 bits per heavy atom. The number of nitriles is 1. The number of ether oxygens (including phenoxy) is 3. The molecule has 0 saturated heterocycles. The molecular formula is C33H28Cl2N2O4. The number of carbonyl (C=O) groups excluding carboxylic acids is 1. The van der Waals surface area contributed by atoms with Crippen molar-refractivity contribution in [2.24, 2.45) is 0 Å². The molecule has 0 aliphatic rings. The van der Waals surface area contributed by atoms with Gasteiger partial charge in [-0.05, 0) is 79.6 Å². The molecule has 0 aromatic heterocycles. The lowest BCUT2D eigenvalue weighted by Crippen LogP contribution is -2.13. The summed E-state index contributed by atoms with van der Waals surface area (Å²) in [5.41, 5.74) is 4.10. The molecule has 0 heterocycles. The lowest BCUT2D eigenvalue weighted by Gasteiger charge is -2.13. The van der Waals surface area contributed by atoms with Crippen LogP contribution in [0.5, 0.6) is 17.2 Å². The summed E-state index contributed by atoms with van der Waals surface area (Å²) in [7, 11) is 0. The molecule has 0 spiro atoms. The Balaban J connectivity index is 1.40. The molecule has 4 aromatic carbocycles. The van der Waals surface area contributed by atoms with Gasteiger partial charge < -0.3 is 19.5 Å². The summed E-state index contributed by atoms with van der Waals surface area (Å²) >= 11 is 12.1. The SMILES string of the molecule is CCOc1cc(/C=C(\C#N)C(=O)Nc2ccc(OCc3ccc(Cl)cc3Cl)cc2)ccc1OCc1cccc(C)c1. The minimum atomic E-state index is -0.535. The topological polar surface area (TPSA) is 80.6 Å². The highest BCUT2D eigenvalue weighted by molar-refractivity contribution is 6.35. The van der Waals surface area contributed by atoms with E-state index in [1.807, 2.05) is 38.1 Å². The average Bonchev–Trinajstić information content (AvgIpc) is 2.96. The Morgan fingerprint density at radius 2 is 1.71 bits per heavy atom. The van der Waals surface area contributed by atoms with Gasteiger partial charge in [0.15, 0.2) is 11.5 Å². The molecule has 41 heavy (non-hydrogen) atoms. The summed E-state index contributed by atoms with van der Waals surface area (Å²) in [5.74, 6) is 1.17. The number of rotatable bonds is 11. The molecule has 4 rings (SSSR count). The second-order valence-electron chi connectivity index (χ2n) is 9.09. The van der Waals surface area contributed by atoms with Gasteiger partial charge >= 0.3 is 0 Å². The van der Waals surface area contributed by atoms with Crippen molar-refractivity contribution in [3.63, 3.8) is 0 Å². The van der Waals surface area contributed by atoms with E-state index in [0.717, 1.165) is 16.7 Å². The van der Waals surface area contributed by atoms with E-state index in [9.17, 15) is 10.1 Å². The van der Waals surface area contributed by atoms with Gasteiger partial charge in [0.25, 0.3) is 5.91 Å². The maximum absolute atomic E-state index is 12.9. The predicted molar refractivity (Wildman–Crippen MR) is 163 cm³/mol. The number of benzene rings is 4. The van der Waals surface area contributed by atoms with Gasteiger partial charge in [-0.1, -0.05) is 65.2 Å². The standard InChI is InChI=1S/C33H28Cl2N2O4/c1-3-39-32-17-23(7-14-31(32)41-20-24-6-4-5-22(2)15-24)16-26(19-36)33(38)37-28-10-12-29(13-11-28)40-21-25-8-9-27(34)18-30(25)35/h4-18H,3,20-21H2,1-2H3,(H,37,38)/b26-16+. The Morgan fingerprint density at radius 1 is 0.902 bits per heavy atom. The summed E-state index contributed by atoms with van der Waals surface area (Å²) < 4.78 is 17.5. The fraction of sp³-hybridized carbons (Fsp3) is 0.152. The Kier molecular flexibility index (Phi) is 10.3.